The number of para-hydroxylation sites is 2. The van der Waals surface area contributed by atoms with Crippen LogP contribution in [0.1, 0.15) is 17.3 Å². The van der Waals surface area contributed by atoms with Crippen molar-refractivity contribution >= 4 is 23.5 Å². The van der Waals surface area contributed by atoms with Crippen LogP contribution in [0.25, 0.3) is 0 Å². The van der Waals surface area contributed by atoms with E-state index >= 15 is 0 Å². The van der Waals surface area contributed by atoms with E-state index in [2.05, 4.69) is 10.6 Å². The van der Waals surface area contributed by atoms with E-state index in [1.807, 2.05) is 18.2 Å². The van der Waals surface area contributed by atoms with Crippen LogP contribution in [0, 0.1) is 0 Å². The Labute approximate surface area is 161 Å². The van der Waals surface area contributed by atoms with E-state index in [-0.39, 0.29) is 24.1 Å². The molecule has 2 N–H and O–H groups in total. The van der Waals surface area contributed by atoms with Gasteiger partial charge in [-0.3, -0.25) is 9.59 Å². The fourth-order valence-corrected chi connectivity index (χ4v) is 2.58. The molecule has 3 rings (SSSR count). The summed E-state index contributed by atoms with van der Waals surface area (Å²) in [6, 6.07) is 13.6. The van der Waals surface area contributed by atoms with Crippen molar-refractivity contribution < 1.29 is 28.6 Å². The number of ether oxygens (including phenoxy) is 3. The average Bonchev–Trinajstić information content (AvgIpc) is 2.70. The number of carbonyl (C=O) groups is 3. The molecule has 0 aliphatic carbocycles. The molecule has 8 heteroatoms. The maximum atomic E-state index is 12.1. The summed E-state index contributed by atoms with van der Waals surface area (Å²) in [7, 11) is 0. The van der Waals surface area contributed by atoms with Gasteiger partial charge in [-0.1, -0.05) is 18.2 Å². The molecule has 2 amide bonds. The Morgan fingerprint density at radius 3 is 2.68 bits per heavy atom. The molecule has 0 radical (unpaired) electrons. The molecular formula is C20H20N2O6. The van der Waals surface area contributed by atoms with E-state index in [0.29, 0.717) is 23.8 Å². The minimum atomic E-state index is -0.659. The van der Waals surface area contributed by atoms with Crippen molar-refractivity contribution in [2.24, 2.45) is 0 Å². The van der Waals surface area contributed by atoms with Crippen molar-refractivity contribution in [1.29, 1.82) is 0 Å². The van der Waals surface area contributed by atoms with Crippen molar-refractivity contribution in [3.05, 3.63) is 54.1 Å². The zero-order valence-electron chi connectivity index (χ0n) is 15.3. The Hall–Kier alpha value is -3.55. The molecule has 2 aromatic carbocycles. The first-order valence-corrected chi connectivity index (χ1v) is 8.71. The molecule has 0 unspecified atom stereocenters. The maximum Gasteiger partial charge on any atom is 0.338 e. The van der Waals surface area contributed by atoms with Gasteiger partial charge in [0, 0.05) is 12.6 Å². The number of nitrogens with one attached hydrogen (secondary N) is 2. The van der Waals surface area contributed by atoms with Gasteiger partial charge in [-0.05, 0) is 30.3 Å². The molecule has 0 bridgehead atoms. The van der Waals surface area contributed by atoms with Crippen LogP contribution in [0.15, 0.2) is 48.5 Å². The lowest BCUT2D eigenvalue weighted by molar-refractivity contribution is -0.124. The van der Waals surface area contributed by atoms with Gasteiger partial charge in [0.1, 0.15) is 12.7 Å². The largest absolute Gasteiger partial charge is 0.486 e. The van der Waals surface area contributed by atoms with Crippen LogP contribution >= 0.6 is 0 Å². The Bertz CT molecular complexity index is 883. The Balaban J connectivity index is 1.43. The highest BCUT2D eigenvalue weighted by Crippen LogP contribution is 2.30. The summed E-state index contributed by atoms with van der Waals surface area (Å²) in [4.78, 5) is 35.1. The second-order valence-electron chi connectivity index (χ2n) is 6.14. The first-order valence-electron chi connectivity index (χ1n) is 8.71. The number of hydrogen-bond acceptors (Lipinski definition) is 6. The van der Waals surface area contributed by atoms with Gasteiger partial charge in [0.2, 0.25) is 5.91 Å². The quantitative estimate of drug-likeness (QED) is 0.736. The van der Waals surface area contributed by atoms with Gasteiger partial charge in [-0.25, -0.2) is 4.79 Å². The molecule has 0 saturated heterocycles. The molecule has 2 aromatic rings. The predicted molar refractivity (Wildman–Crippen MR) is 100 cm³/mol. The number of amides is 2. The van der Waals surface area contributed by atoms with Crippen molar-refractivity contribution in [1.82, 2.24) is 5.32 Å². The summed E-state index contributed by atoms with van der Waals surface area (Å²) >= 11 is 0. The van der Waals surface area contributed by atoms with Crippen molar-refractivity contribution in [3.63, 3.8) is 0 Å². The molecule has 1 heterocycles. The van der Waals surface area contributed by atoms with Gasteiger partial charge in [-0.2, -0.15) is 0 Å². The summed E-state index contributed by atoms with van der Waals surface area (Å²) in [5.41, 5.74) is 0.709. The second-order valence-corrected chi connectivity index (χ2v) is 6.14. The van der Waals surface area contributed by atoms with Gasteiger partial charge in [0.25, 0.3) is 5.91 Å². The predicted octanol–water partition coefficient (Wildman–Crippen LogP) is 1.76. The van der Waals surface area contributed by atoms with Gasteiger partial charge < -0.3 is 24.8 Å². The fraction of sp³-hybridized carbons (Fsp3) is 0.250. The number of benzene rings is 2. The number of fused-ring (bicyclic) bond motifs is 1. The normalized spacial score (nSPS) is 14.7. The minimum Gasteiger partial charge on any atom is -0.486 e. The van der Waals surface area contributed by atoms with E-state index in [1.54, 1.807) is 18.2 Å². The highest BCUT2D eigenvalue weighted by atomic mass is 16.6. The lowest BCUT2D eigenvalue weighted by atomic mass is 10.2. The second kappa shape index (κ2) is 8.90. The number of hydrogen-bond donors (Lipinski definition) is 2. The van der Waals surface area contributed by atoms with E-state index in [9.17, 15) is 14.4 Å². The third kappa shape index (κ3) is 5.23. The highest BCUT2D eigenvalue weighted by molar-refractivity contribution is 5.94. The van der Waals surface area contributed by atoms with Crippen LogP contribution in [0.4, 0.5) is 5.69 Å². The molecule has 0 spiro atoms. The summed E-state index contributed by atoms with van der Waals surface area (Å²) in [5, 5.41) is 5.23. The van der Waals surface area contributed by atoms with Gasteiger partial charge in [0.05, 0.1) is 12.1 Å². The standard InChI is InChI=1S/C20H20N2O6/c1-13(23)22-15-6-4-5-14(9-15)20(25)27-12-19(24)21-10-16-11-26-17-7-2-3-8-18(17)28-16/h2-9,16H,10-12H2,1H3,(H,21,24)(H,22,23)/t16-/m1/s1. The molecule has 1 aliphatic rings. The van der Waals surface area contributed by atoms with Crippen LogP contribution in [-0.2, 0) is 14.3 Å². The van der Waals surface area contributed by atoms with Gasteiger partial charge >= 0.3 is 5.97 Å². The molecule has 1 aliphatic heterocycles. The smallest absolute Gasteiger partial charge is 0.338 e. The Morgan fingerprint density at radius 1 is 1.11 bits per heavy atom. The fourth-order valence-electron chi connectivity index (χ4n) is 2.58. The number of carbonyl (C=O) groups excluding carboxylic acids is 3. The molecular weight excluding hydrogens is 364 g/mol. The molecule has 0 aromatic heterocycles. The third-order valence-electron chi connectivity index (χ3n) is 3.85. The van der Waals surface area contributed by atoms with Crippen molar-refractivity contribution in [3.8, 4) is 11.5 Å². The summed E-state index contributed by atoms with van der Waals surface area (Å²) in [6.45, 7) is 1.48. The first-order chi connectivity index (χ1) is 13.5. The number of anilines is 1. The van der Waals surface area contributed by atoms with E-state index < -0.39 is 18.5 Å². The van der Waals surface area contributed by atoms with Crippen LogP contribution < -0.4 is 20.1 Å². The van der Waals surface area contributed by atoms with Crippen molar-refractivity contribution in [2.45, 2.75) is 13.0 Å². The summed E-state index contributed by atoms with van der Waals surface area (Å²) in [6.07, 6.45) is -0.330. The molecule has 146 valence electrons. The van der Waals surface area contributed by atoms with Crippen LogP contribution in [0.2, 0.25) is 0 Å². The molecule has 0 fully saturated rings. The van der Waals surface area contributed by atoms with Crippen LogP contribution in [0.5, 0.6) is 11.5 Å². The third-order valence-corrected chi connectivity index (χ3v) is 3.85. The maximum absolute atomic E-state index is 12.1. The SMILES string of the molecule is CC(=O)Nc1cccc(C(=O)OCC(=O)NC[C@@H]2COc3ccccc3O2)c1. The van der Waals surface area contributed by atoms with E-state index in [1.165, 1.54) is 19.1 Å². The number of rotatable bonds is 6. The lowest BCUT2D eigenvalue weighted by Gasteiger charge is -2.26. The molecule has 8 nitrogen and oxygen atoms in total. The zero-order chi connectivity index (χ0) is 19.9. The van der Waals surface area contributed by atoms with Gasteiger partial charge in [-0.15, -0.1) is 0 Å². The molecule has 28 heavy (non-hydrogen) atoms. The van der Waals surface area contributed by atoms with E-state index in [4.69, 9.17) is 14.2 Å². The van der Waals surface area contributed by atoms with Crippen molar-refractivity contribution in [2.75, 3.05) is 25.1 Å². The Morgan fingerprint density at radius 2 is 1.89 bits per heavy atom. The topological polar surface area (TPSA) is 103 Å². The van der Waals surface area contributed by atoms with Gasteiger partial charge in [0.15, 0.2) is 18.1 Å². The van der Waals surface area contributed by atoms with Crippen LogP contribution in [0.3, 0.4) is 0 Å². The first kappa shape index (κ1) is 19.2. The Kier molecular flexibility index (Phi) is 6.11. The lowest BCUT2D eigenvalue weighted by Crippen LogP contribution is -2.42. The van der Waals surface area contributed by atoms with E-state index in [0.717, 1.165) is 0 Å². The van der Waals surface area contributed by atoms with Crippen LogP contribution in [-0.4, -0.2) is 43.6 Å². The number of esters is 1. The molecule has 0 saturated carbocycles. The summed E-state index contributed by atoms with van der Waals surface area (Å²) in [5.74, 6) is -0.0669. The monoisotopic (exact) mass is 384 g/mol. The highest BCUT2D eigenvalue weighted by Gasteiger charge is 2.21. The molecule has 1 atom stereocenters. The summed E-state index contributed by atoms with van der Waals surface area (Å²) < 4.78 is 16.3. The average molecular weight is 384 g/mol. The minimum absolute atomic E-state index is 0.225. The zero-order valence-corrected chi connectivity index (χ0v) is 15.3.